The van der Waals surface area contributed by atoms with E-state index in [0.29, 0.717) is 11.1 Å². The first-order chi connectivity index (χ1) is 7.16. The molecular weight excluding hydrogens is 216 g/mol. The van der Waals surface area contributed by atoms with Gasteiger partial charge in [0, 0.05) is 6.42 Å². The number of thioether (sulfide) groups is 1. The Morgan fingerprint density at radius 2 is 2.33 bits per heavy atom. The van der Waals surface area contributed by atoms with E-state index < -0.39 is 5.97 Å². The lowest BCUT2D eigenvalue weighted by molar-refractivity contribution is -0.133. The van der Waals surface area contributed by atoms with Crippen molar-refractivity contribution >= 4 is 17.7 Å². The summed E-state index contributed by atoms with van der Waals surface area (Å²) in [7, 11) is 0. The van der Waals surface area contributed by atoms with Gasteiger partial charge in [-0.3, -0.25) is 4.79 Å². The predicted molar refractivity (Wildman–Crippen MR) is 55.0 cm³/mol. The molecule has 1 aromatic rings. The zero-order chi connectivity index (χ0) is 10.8. The summed E-state index contributed by atoms with van der Waals surface area (Å²) >= 11 is 1.09. The van der Waals surface area contributed by atoms with Gasteiger partial charge in [-0.25, -0.2) is 4.68 Å². The Balaban J connectivity index is 1.98. The van der Waals surface area contributed by atoms with Gasteiger partial charge in [0.05, 0.1) is 5.75 Å². The molecule has 7 heteroatoms. The lowest BCUT2D eigenvalue weighted by atomic mass is 10.3. The van der Waals surface area contributed by atoms with Crippen LogP contribution in [0.4, 0.5) is 0 Å². The first-order valence-corrected chi connectivity index (χ1v) is 5.69. The van der Waals surface area contributed by atoms with Gasteiger partial charge in [0.25, 0.3) is 0 Å². The van der Waals surface area contributed by atoms with Crippen molar-refractivity contribution in [2.24, 2.45) is 5.92 Å². The van der Waals surface area contributed by atoms with E-state index in [1.54, 1.807) is 0 Å². The van der Waals surface area contributed by atoms with Gasteiger partial charge in [0.15, 0.2) is 5.82 Å². The number of hydrogen-bond acceptors (Lipinski definition) is 5. The van der Waals surface area contributed by atoms with Crippen molar-refractivity contribution in [1.82, 2.24) is 14.9 Å². The molecule has 2 rings (SSSR count). The topological polar surface area (TPSA) is 94.0 Å². The van der Waals surface area contributed by atoms with Crippen molar-refractivity contribution < 1.29 is 9.90 Å². The summed E-state index contributed by atoms with van der Waals surface area (Å²) in [5, 5.41) is 16.8. The molecule has 0 radical (unpaired) electrons. The second-order valence-electron chi connectivity index (χ2n) is 3.60. The highest BCUT2D eigenvalue weighted by Gasteiger charge is 2.24. The van der Waals surface area contributed by atoms with Crippen molar-refractivity contribution in [2.75, 3.05) is 11.6 Å². The summed E-state index contributed by atoms with van der Waals surface area (Å²) < 4.78 is 1.39. The van der Waals surface area contributed by atoms with Crippen LogP contribution in [0.3, 0.4) is 0 Å². The fourth-order valence-electron chi connectivity index (χ4n) is 1.25. The molecule has 82 valence electrons. The summed E-state index contributed by atoms with van der Waals surface area (Å²) in [6.45, 7) is 0. The van der Waals surface area contributed by atoms with E-state index in [1.165, 1.54) is 17.5 Å². The van der Waals surface area contributed by atoms with Crippen LogP contribution in [0.25, 0.3) is 0 Å². The van der Waals surface area contributed by atoms with Crippen LogP contribution in [0, 0.1) is 5.92 Å². The minimum Gasteiger partial charge on any atom is -0.481 e. The Bertz CT molecular complexity index is 375. The Labute approximate surface area is 90.8 Å². The molecule has 0 bridgehead atoms. The molecule has 6 nitrogen and oxygen atoms in total. The van der Waals surface area contributed by atoms with Gasteiger partial charge in [-0.05, 0) is 18.8 Å². The molecule has 1 aliphatic carbocycles. The molecule has 1 heterocycles. The number of aliphatic carboxylic acids is 1. The van der Waals surface area contributed by atoms with Crippen LogP contribution in [-0.2, 0) is 11.2 Å². The number of nitrogens with zero attached hydrogens (tertiary/aromatic N) is 3. The second-order valence-corrected chi connectivity index (χ2v) is 4.54. The van der Waals surface area contributed by atoms with Crippen molar-refractivity contribution in [3.63, 3.8) is 0 Å². The molecule has 3 N–H and O–H groups in total. The number of nitrogen functional groups attached to an aromatic ring is 1. The summed E-state index contributed by atoms with van der Waals surface area (Å²) in [5.74, 6) is 6.25. The zero-order valence-corrected chi connectivity index (χ0v) is 8.90. The van der Waals surface area contributed by atoms with Crippen LogP contribution >= 0.6 is 11.8 Å². The van der Waals surface area contributed by atoms with E-state index in [0.717, 1.165) is 24.0 Å². The average Bonchev–Trinajstić information content (AvgIpc) is 2.92. The van der Waals surface area contributed by atoms with E-state index in [-0.39, 0.29) is 5.75 Å². The van der Waals surface area contributed by atoms with E-state index in [4.69, 9.17) is 10.9 Å². The third-order valence-electron chi connectivity index (χ3n) is 2.23. The first kappa shape index (κ1) is 10.3. The maximum Gasteiger partial charge on any atom is 0.313 e. The summed E-state index contributed by atoms with van der Waals surface area (Å²) in [4.78, 5) is 10.4. The van der Waals surface area contributed by atoms with Crippen molar-refractivity contribution in [3.8, 4) is 0 Å². The largest absolute Gasteiger partial charge is 0.481 e. The summed E-state index contributed by atoms with van der Waals surface area (Å²) in [6.07, 6.45) is 3.30. The molecular formula is C8H12N4O2S. The van der Waals surface area contributed by atoms with Crippen molar-refractivity contribution in [2.45, 2.75) is 24.4 Å². The van der Waals surface area contributed by atoms with Gasteiger partial charge >= 0.3 is 5.97 Å². The summed E-state index contributed by atoms with van der Waals surface area (Å²) in [6, 6.07) is 0. The molecule has 0 amide bonds. The normalized spacial score (nSPS) is 15.5. The molecule has 0 aliphatic heterocycles. The number of hydrogen-bond donors (Lipinski definition) is 2. The van der Waals surface area contributed by atoms with Crippen molar-refractivity contribution in [1.29, 1.82) is 0 Å². The molecule has 0 saturated heterocycles. The van der Waals surface area contributed by atoms with Crippen LogP contribution in [0.2, 0.25) is 0 Å². The highest BCUT2D eigenvalue weighted by Crippen LogP contribution is 2.32. The van der Waals surface area contributed by atoms with E-state index in [1.807, 2.05) is 0 Å². The Morgan fingerprint density at radius 1 is 1.60 bits per heavy atom. The highest BCUT2D eigenvalue weighted by atomic mass is 32.2. The molecule has 15 heavy (non-hydrogen) atoms. The van der Waals surface area contributed by atoms with Gasteiger partial charge in [-0.1, -0.05) is 11.8 Å². The molecule has 1 aliphatic rings. The maximum absolute atomic E-state index is 10.4. The smallest absolute Gasteiger partial charge is 0.313 e. The predicted octanol–water partition coefficient (Wildman–Crippen LogP) is 0.121. The lowest BCUT2D eigenvalue weighted by Crippen LogP contribution is -2.15. The van der Waals surface area contributed by atoms with Crippen LogP contribution in [0.1, 0.15) is 18.7 Å². The van der Waals surface area contributed by atoms with Gasteiger partial charge in [-0.2, -0.15) is 0 Å². The zero-order valence-electron chi connectivity index (χ0n) is 8.09. The fourth-order valence-corrected chi connectivity index (χ4v) is 1.85. The first-order valence-electron chi connectivity index (χ1n) is 4.71. The quantitative estimate of drug-likeness (QED) is 0.549. The number of aromatic nitrogens is 3. The molecule has 1 saturated carbocycles. The average molecular weight is 228 g/mol. The van der Waals surface area contributed by atoms with Crippen LogP contribution in [0.5, 0.6) is 0 Å². The van der Waals surface area contributed by atoms with Gasteiger partial charge < -0.3 is 10.9 Å². The second kappa shape index (κ2) is 4.09. The summed E-state index contributed by atoms with van der Waals surface area (Å²) in [5.41, 5.74) is 0. The number of rotatable bonds is 5. The van der Waals surface area contributed by atoms with E-state index in [9.17, 15) is 4.79 Å². The Hall–Kier alpha value is -1.24. The van der Waals surface area contributed by atoms with Gasteiger partial charge in [-0.15, -0.1) is 10.2 Å². The fraction of sp³-hybridized carbons (Fsp3) is 0.625. The van der Waals surface area contributed by atoms with Gasteiger partial charge in [0.1, 0.15) is 0 Å². The molecule has 0 spiro atoms. The number of nitrogens with two attached hydrogens (primary N) is 1. The standard InChI is InChI=1S/C8H12N4O2S/c9-12-6(3-5-1-2-5)10-11-8(12)15-4-7(13)14/h5H,1-4,9H2,(H,13,14). The maximum atomic E-state index is 10.4. The van der Waals surface area contributed by atoms with Crippen LogP contribution in [0.15, 0.2) is 5.16 Å². The third kappa shape index (κ3) is 2.62. The molecule has 1 aromatic heterocycles. The van der Waals surface area contributed by atoms with Gasteiger partial charge in [0.2, 0.25) is 5.16 Å². The molecule has 0 unspecified atom stereocenters. The number of carboxylic acids is 1. The minimum absolute atomic E-state index is 0.0429. The van der Waals surface area contributed by atoms with Crippen LogP contribution in [-0.4, -0.2) is 31.7 Å². The number of carboxylic acid groups (broad SMARTS) is 1. The van der Waals surface area contributed by atoms with E-state index in [2.05, 4.69) is 10.2 Å². The Morgan fingerprint density at radius 3 is 2.93 bits per heavy atom. The minimum atomic E-state index is -0.883. The molecule has 0 aromatic carbocycles. The highest BCUT2D eigenvalue weighted by molar-refractivity contribution is 7.99. The molecule has 1 fully saturated rings. The monoisotopic (exact) mass is 228 g/mol. The van der Waals surface area contributed by atoms with Crippen LogP contribution < -0.4 is 5.84 Å². The van der Waals surface area contributed by atoms with Crippen molar-refractivity contribution in [3.05, 3.63) is 5.82 Å². The van der Waals surface area contributed by atoms with E-state index >= 15 is 0 Å². The lowest BCUT2D eigenvalue weighted by Gasteiger charge is -2.00. The Kier molecular flexibility index (Phi) is 2.81. The number of carbonyl (C=O) groups is 1. The SMILES string of the molecule is Nn1c(CC2CC2)nnc1SCC(=O)O. The molecule has 0 atom stereocenters. The third-order valence-corrected chi connectivity index (χ3v) is 3.16.